The molecule has 0 aromatic rings. The molecule has 0 saturated heterocycles. The molecule has 0 aromatic heterocycles. The van der Waals surface area contributed by atoms with Crippen LogP contribution in [0.5, 0.6) is 0 Å². The van der Waals surface area contributed by atoms with E-state index < -0.39 is 11.5 Å². The minimum Gasteiger partial charge on any atom is -0.394 e. The van der Waals surface area contributed by atoms with Crippen LogP contribution in [0.2, 0.25) is 0 Å². The quantitative estimate of drug-likeness (QED) is 0.602. The topological polar surface area (TPSA) is 86.6 Å². The van der Waals surface area contributed by atoms with Crippen LogP contribution in [-0.2, 0) is 9.59 Å². The van der Waals surface area contributed by atoms with Crippen molar-refractivity contribution >= 4 is 11.7 Å². The number of Topliss-reactive ketones (excluding diaryl/α,β-unsaturated/α-hetero) is 1. The molecule has 0 fully saturated rings. The van der Waals surface area contributed by atoms with Crippen molar-refractivity contribution in [1.82, 2.24) is 5.32 Å². The minimum absolute atomic E-state index is 0.0238. The highest BCUT2D eigenvalue weighted by Gasteiger charge is 2.36. The molecule has 1 unspecified atom stereocenters. The van der Waals surface area contributed by atoms with Gasteiger partial charge in [0.2, 0.25) is 5.91 Å². The fourth-order valence-electron chi connectivity index (χ4n) is 2.92. The number of amides is 1. The second-order valence-electron chi connectivity index (χ2n) is 7.56. The van der Waals surface area contributed by atoms with Gasteiger partial charge in [-0.3, -0.25) is 9.59 Å². The van der Waals surface area contributed by atoms with Gasteiger partial charge in [-0.1, -0.05) is 41.5 Å². The van der Waals surface area contributed by atoms with E-state index in [0.29, 0.717) is 6.42 Å². The molecule has 0 radical (unpaired) electrons. The van der Waals surface area contributed by atoms with Crippen LogP contribution >= 0.6 is 0 Å². The van der Waals surface area contributed by atoms with Crippen LogP contribution < -0.4 is 5.32 Å². The van der Waals surface area contributed by atoms with Crippen molar-refractivity contribution in [3.63, 3.8) is 0 Å². The molecule has 0 saturated carbocycles. The second kappa shape index (κ2) is 7.90. The average molecular weight is 301 g/mol. The molecule has 21 heavy (non-hydrogen) atoms. The molecule has 0 rings (SSSR count). The zero-order valence-corrected chi connectivity index (χ0v) is 14.2. The molecule has 0 aliphatic carbocycles. The van der Waals surface area contributed by atoms with Crippen molar-refractivity contribution in [2.24, 2.45) is 16.7 Å². The van der Waals surface area contributed by atoms with Crippen LogP contribution in [0, 0.1) is 16.7 Å². The number of carbonyl (C=O) groups excluding carboxylic acids is 2. The Kier molecular flexibility index (Phi) is 7.54. The number of carbonyl (C=O) groups is 2. The minimum atomic E-state index is -0.934. The highest BCUT2D eigenvalue weighted by molar-refractivity contribution is 5.86. The first-order valence-corrected chi connectivity index (χ1v) is 7.51. The molecule has 3 N–H and O–H groups in total. The Morgan fingerprint density at radius 1 is 1.14 bits per heavy atom. The van der Waals surface area contributed by atoms with E-state index in [1.54, 1.807) is 0 Å². The fourth-order valence-corrected chi connectivity index (χ4v) is 2.92. The lowest BCUT2D eigenvalue weighted by molar-refractivity contribution is -0.133. The molecule has 0 aliphatic heterocycles. The van der Waals surface area contributed by atoms with Crippen LogP contribution in [0.15, 0.2) is 0 Å². The molecule has 124 valence electrons. The van der Waals surface area contributed by atoms with Crippen molar-refractivity contribution in [2.45, 2.75) is 60.5 Å². The van der Waals surface area contributed by atoms with Crippen LogP contribution in [0.1, 0.15) is 54.4 Å². The Balaban J connectivity index is 4.55. The van der Waals surface area contributed by atoms with Crippen LogP contribution in [0.25, 0.3) is 0 Å². The average Bonchev–Trinajstić information content (AvgIpc) is 2.32. The van der Waals surface area contributed by atoms with E-state index in [4.69, 9.17) is 5.11 Å². The summed E-state index contributed by atoms with van der Waals surface area (Å²) in [6.07, 6.45) is -0.0385. The number of nitrogens with one attached hydrogen (secondary N) is 1. The van der Waals surface area contributed by atoms with Crippen molar-refractivity contribution in [3.8, 4) is 0 Å². The molecule has 0 aliphatic rings. The highest BCUT2D eigenvalue weighted by atomic mass is 16.3. The van der Waals surface area contributed by atoms with E-state index in [0.717, 1.165) is 0 Å². The van der Waals surface area contributed by atoms with Gasteiger partial charge in [0.25, 0.3) is 0 Å². The van der Waals surface area contributed by atoms with Crippen LogP contribution in [0.3, 0.4) is 0 Å². The van der Waals surface area contributed by atoms with Gasteiger partial charge in [-0.05, 0) is 11.8 Å². The normalized spacial score (nSPS) is 14.1. The maximum Gasteiger partial charge on any atom is 0.220 e. The molecular weight excluding hydrogens is 270 g/mol. The first-order chi connectivity index (χ1) is 9.41. The van der Waals surface area contributed by atoms with Gasteiger partial charge in [-0.25, -0.2) is 0 Å². The van der Waals surface area contributed by atoms with E-state index in [9.17, 15) is 14.7 Å². The largest absolute Gasteiger partial charge is 0.394 e. The summed E-state index contributed by atoms with van der Waals surface area (Å²) in [4.78, 5) is 24.1. The lowest BCUT2D eigenvalue weighted by Gasteiger charge is -2.34. The fraction of sp³-hybridized carbons (Fsp3) is 0.875. The first-order valence-electron chi connectivity index (χ1n) is 7.51. The Bertz CT molecular complexity index is 361. The third-order valence-electron chi connectivity index (χ3n) is 3.50. The molecular formula is C16H31NO4. The number of aliphatic hydroxyl groups excluding tert-OH is 2. The van der Waals surface area contributed by atoms with Gasteiger partial charge in [0.1, 0.15) is 5.78 Å². The van der Waals surface area contributed by atoms with Gasteiger partial charge >= 0.3 is 0 Å². The smallest absolute Gasteiger partial charge is 0.220 e. The van der Waals surface area contributed by atoms with Crippen molar-refractivity contribution < 1.29 is 19.8 Å². The summed E-state index contributed by atoms with van der Waals surface area (Å²) < 4.78 is 0. The second-order valence-corrected chi connectivity index (χ2v) is 7.56. The first kappa shape index (κ1) is 20.1. The maximum atomic E-state index is 12.2. The summed E-state index contributed by atoms with van der Waals surface area (Å²) in [7, 11) is 0. The van der Waals surface area contributed by atoms with Crippen molar-refractivity contribution in [2.75, 3.05) is 13.2 Å². The van der Waals surface area contributed by atoms with Gasteiger partial charge in [0.15, 0.2) is 0 Å². The summed E-state index contributed by atoms with van der Waals surface area (Å²) in [5.74, 6) is -0.00342. The Morgan fingerprint density at radius 2 is 1.67 bits per heavy atom. The van der Waals surface area contributed by atoms with Crippen LogP contribution in [-0.4, -0.2) is 41.2 Å². The monoisotopic (exact) mass is 301 g/mol. The van der Waals surface area contributed by atoms with E-state index in [1.807, 2.05) is 41.5 Å². The molecule has 0 bridgehead atoms. The summed E-state index contributed by atoms with van der Waals surface area (Å²) in [5, 5.41) is 20.5. The molecule has 5 heteroatoms. The number of hydrogen-bond acceptors (Lipinski definition) is 4. The predicted octanol–water partition coefficient (Wildman–Crippen LogP) is 1.51. The van der Waals surface area contributed by atoms with Crippen LogP contribution in [0.4, 0.5) is 0 Å². The van der Waals surface area contributed by atoms with Gasteiger partial charge in [0.05, 0.1) is 12.7 Å². The van der Waals surface area contributed by atoms with Crippen molar-refractivity contribution in [3.05, 3.63) is 0 Å². The standard InChI is InChI=1S/C16H31NO4/c1-11(2)14(21)16(5,6)10-15(3,4)7-13(20)17-8-12(19)9-18/h11-12,18-19H,7-10H2,1-6H3,(H,17,20). The zero-order valence-electron chi connectivity index (χ0n) is 14.2. The van der Waals surface area contributed by atoms with Crippen molar-refractivity contribution in [1.29, 1.82) is 0 Å². The number of hydrogen-bond donors (Lipinski definition) is 3. The molecule has 0 aromatic carbocycles. The van der Waals surface area contributed by atoms with E-state index in [-0.39, 0.29) is 42.6 Å². The number of rotatable bonds is 9. The third-order valence-corrected chi connectivity index (χ3v) is 3.50. The molecule has 1 amide bonds. The van der Waals surface area contributed by atoms with E-state index in [2.05, 4.69) is 5.32 Å². The molecule has 5 nitrogen and oxygen atoms in total. The Hall–Kier alpha value is -0.940. The van der Waals surface area contributed by atoms with E-state index >= 15 is 0 Å². The molecule has 0 heterocycles. The number of ketones is 1. The summed E-state index contributed by atoms with van der Waals surface area (Å²) in [6.45, 7) is 11.2. The van der Waals surface area contributed by atoms with E-state index in [1.165, 1.54) is 0 Å². The van der Waals surface area contributed by atoms with Gasteiger partial charge in [0, 0.05) is 24.3 Å². The summed E-state index contributed by atoms with van der Waals surface area (Å²) >= 11 is 0. The molecule has 1 atom stereocenters. The summed E-state index contributed by atoms with van der Waals surface area (Å²) in [6, 6.07) is 0. The SMILES string of the molecule is CC(C)C(=O)C(C)(C)CC(C)(C)CC(=O)NCC(O)CO. The van der Waals surface area contributed by atoms with Gasteiger partial charge in [-0.15, -0.1) is 0 Å². The maximum absolute atomic E-state index is 12.2. The Labute approximate surface area is 128 Å². The lowest BCUT2D eigenvalue weighted by Crippen LogP contribution is -2.38. The highest BCUT2D eigenvalue weighted by Crippen LogP contribution is 2.38. The van der Waals surface area contributed by atoms with Gasteiger partial charge < -0.3 is 15.5 Å². The zero-order chi connectivity index (χ0) is 16.8. The predicted molar refractivity (Wildman–Crippen MR) is 82.7 cm³/mol. The molecule has 0 spiro atoms. The third kappa shape index (κ3) is 7.58. The van der Waals surface area contributed by atoms with Gasteiger partial charge in [-0.2, -0.15) is 0 Å². The lowest BCUT2D eigenvalue weighted by atomic mass is 9.69. The summed E-state index contributed by atoms with van der Waals surface area (Å²) in [5.41, 5.74) is -0.787. The Morgan fingerprint density at radius 3 is 2.10 bits per heavy atom. The number of aliphatic hydroxyl groups is 2.